The molecule has 0 radical (unpaired) electrons. The molecule has 1 saturated heterocycles. The van der Waals surface area contributed by atoms with Gasteiger partial charge in [0.05, 0.1) is 16.7 Å². The molecule has 110 valence electrons. The van der Waals surface area contributed by atoms with Crippen molar-refractivity contribution in [3.05, 3.63) is 28.8 Å². The molecule has 0 aromatic heterocycles. The molecule has 0 spiro atoms. The average molecular weight is 336 g/mol. The highest BCUT2D eigenvalue weighted by atomic mass is 35.5. The Hall–Kier alpha value is -0.840. The van der Waals surface area contributed by atoms with Crippen LogP contribution in [0.15, 0.2) is 23.1 Å². The van der Waals surface area contributed by atoms with Crippen LogP contribution >= 0.6 is 24.0 Å². The zero-order valence-corrected chi connectivity index (χ0v) is 13.0. The Morgan fingerprint density at radius 1 is 1.50 bits per heavy atom. The average Bonchev–Trinajstić information content (AvgIpc) is 2.89. The van der Waals surface area contributed by atoms with Gasteiger partial charge in [-0.25, -0.2) is 13.1 Å². The first kappa shape index (κ1) is 17.2. The molecule has 1 fully saturated rings. The summed E-state index contributed by atoms with van der Waals surface area (Å²) in [4.78, 5) is 0.00571. The second-order valence-corrected chi connectivity index (χ2v) is 6.54. The molecule has 0 saturated carbocycles. The van der Waals surface area contributed by atoms with E-state index >= 15 is 0 Å². The maximum Gasteiger partial charge on any atom is 0.242 e. The number of nitrogens with one attached hydrogen (secondary N) is 2. The van der Waals surface area contributed by atoms with Gasteiger partial charge in [-0.2, -0.15) is 5.26 Å². The van der Waals surface area contributed by atoms with Gasteiger partial charge in [0.25, 0.3) is 0 Å². The molecular formula is C12H15Cl2N3O2S. The Balaban J connectivity index is 0.00000200. The minimum absolute atomic E-state index is 0. The molecule has 1 unspecified atom stereocenters. The monoisotopic (exact) mass is 335 g/mol. The highest BCUT2D eigenvalue weighted by Crippen LogP contribution is 2.22. The SMILES string of the molecule is Cl.N#Cc1ccc(S(=O)(=O)NCC2CCCN2)c(Cl)c1. The molecule has 1 aromatic rings. The van der Waals surface area contributed by atoms with E-state index in [1.54, 1.807) is 0 Å². The number of hydrogen-bond donors (Lipinski definition) is 2. The van der Waals surface area contributed by atoms with Gasteiger partial charge >= 0.3 is 0 Å². The van der Waals surface area contributed by atoms with Crippen LogP contribution in [0.4, 0.5) is 0 Å². The summed E-state index contributed by atoms with van der Waals surface area (Å²) in [5.74, 6) is 0. The van der Waals surface area contributed by atoms with E-state index in [9.17, 15) is 8.42 Å². The lowest BCUT2D eigenvalue weighted by Crippen LogP contribution is -2.37. The molecule has 2 rings (SSSR count). The number of halogens is 2. The van der Waals surface area contributed by atoms with E-state index < -0.39 is 10.0 Å². The zero-order valence-electron chi connectivity index (χ0n) is 10.6. The summed E-state index contributed by atoms with van der Waals surface area (Å²) in [7, 11) is -3.63. The van der Waals surface area contributed by atoms with Crippen molar-refractivity contribution in [2.45, 2.75) is 23.8 Å². The fraction of sp³-hybridized carbons (Fsp3) is 0.417. The van der Waals surface area contributed by atoms with E-state index in [2.05, 4.69) is 10.0 Å². The molecule has 0 aliphatic carbocycles. The van der Waals surface area contributed by atoms with Gasteiger partial charge in [-0.1, -0.05) is 11.6 Å². The number of hydrogen-bond acceptors (Lipinski definition) is 4. The van der Waals surface area contributed by atoms with Crippen LogP contribution in [-0.2, 0) is 10.0 Å². The van der Waals surface area contributed by atoms with Gasteiger partial charge in [0.15, 0.2) is 0 Å². The van der Waals surface area contributed by atoms with E-state index in [4.69, 9.17) is 16.9 Å². The molecule has 1 aliphatic rings. The minimum atomic E-state index is -3.63. The Bertz CT molecular complexity index is 608. The third-order valence-corrected chi connectivity index (χ3v) is 4.94. The topological polar surface area (TPSA) is 82.0 Å². The molecule has 1 aromatic carbocycles. The summed E-state index contributed by atoms with van der Waals surface area (Å²) >= 11 is 5.90. The molecule has 0 amide bonds. The predicted octanol–water partition coefficient (Wildman–Crippen LogP) is 1.66. The van der Waals surface area contributed by atoms with Crippen LogP contribution in [0.3, 0.4) is 0 Å². The van der Waals surface area contributed by atoms with Crippen LogP contribution in [0.5, 0.6) is 0 Å². The van der Waals surface area contributed by atoms with E-state index in [1.165, 1.54) is 18.2 Å². The molecule has 1 atom stereocenters. The first-order valence-electron chi connectivity index (χ1n) is 5.95. The third-order valence-electron chi connectivity index (χ3n) is 3.03. The summed E-state index contributed by atoms with van der Waals surface area (Å²) in [5.41, 5.74) is 0.335. The zero-order chi connectivity index (χ0) is 13.9. The van der Waals surface area contributed by atoms with Crippen molar-refractivity contribution in [3.8, 4) is 6.07 Å². The largest absolute Gasteiger partial charge is 0.313 e. The van der Waals surface area contributed by atoms with Crippen LogP contribution in [-0.4, -0.2) is 27.5 Å². The smallest absolute Gasteiger partial charge is 0.242 e. The number of benzene rings is 1. The van der Waals surface area contributed by atoms with Crippen molar-refractivity contribution in [2.24, 2.45) is 0 Å². The summed E-state index contributed by atoms with van der Waals surface area (Å²) in [6, 6.07) is 6.23. The van der Waals surface area contributed by atoms with Gasteiger partial charge in [0.2, 0.25) is 10.0 Å². The van der Waals surface area contributed by atoms with Gasteiger partial charge in [-0.05, 0) is 37.6 Å². The number of sulfonamides is 1. The molecule has 8 heteroatoms. The van der Waals surface area contributed by atoms with Gasteiger partial charge in [0.1, 0.15) is 4.90 Å². The fourth-order valence-electron chi connectivity index (χ4n) is 2.01. The minimum Gasteiger partial charge on any atom is -0.313 e. The maximum absolute atomic E-state index is 12.1. The molecule has 2 N–H and O–H groups in total. The summed E-state index contributed by atoms with van der Waals surface area (Å²) in [6.07, 6.45) is 2.02. The molecule has 1 heterocycles. The lowest BCUT2D eigenvalue weighted by Gasteiger charge is -2.12. The van der Waals surface area contributed by atoms with E-state index in [0.29, 0.717) is 12.1 Å². The third kappa shape index (κ3) is 4.08. The number of nitrogens with zero attached hydrogens (tertiary/aromatic N) is 1. The standard InChI is InChI=1S/C12H14ClN3O2S.ClH/c13-11-6-9(7-14)3-4-12(11)19(17,18)16-8-10-2-1-5-15-10;/h3-4,6,10,15-16H,1-2,5,8H2;1H. The summed E-state index contributed by atoms with van der Waals surface area (Å²) < 4.78 is 26.7. The van der Waals surface area contributed by atoms with Crippen LogP contribution in [0, 0.1) is 11.3 Å². The van der Waals surface area contributed by atoms with Crippen molar-refractivity contribution in [1.29, 1.82) is 5.26 Å². The second kappa shape index (κ2) is 7.25. The number of rotatable bonds is 4. The van der Waals surface area contributed by atoms with Gasteiger partial charge in [0, 0.05) is 12.6 Å². The lowest BCUT2D eigenvalue weighted by atomic mass is 10.2. The van der Waals surface area contributed by atoms with Crippen molar-refractivity contribution >= 4 is 34.0 Å². The Labute approximate surface area is 129 Å². The first-order chi connectivity index (χ1) is 9.03. The van der Waals surface area contributed by atoms with E-state index in [0.717, 1.165) is 19.4 Å². The quantitative estimate of drug-likeness (QED) is 0.876. The number of nitriles is 1. The Morgan fingerprint density at radius 2 is 2.25 bits per heavy atom. The van der Waals surface area contributed by atoms with Crippen molar-refractivity contribution in [3.63, 3.8) is 0 Å². The maximum atomic E-state index is 12.1. The molecule has 5 nitrogen and oxygen atoms in total. The van der Waals surface area contributed by atoms with Crippen LogP contribution in [0.1, 0.15) is 18.4 Å². The lowest BCUT2D eigenvalue weighted by molar-refractivity contribution is 0.552. The fourth-order valence-corrected chi connectivity index (χ4v) is 3.63. The Kier molecular flexibility index (Phi) is 6.24. The van der Waals surface area contributed by atoms with Crippen LogP contribution in [0.25, 0.3) is 0 Å². The van der Waals surface area contributed by atoms with Crippen LogP contribution < -0.4 is 10.0 Å². The molecule has 1 aliphatic heterocycles. The van der Waals surface area contributed by atoms with Gasteiger partial charge in [-0.15, -0.1) is 12.4 Å². The molecule has 20 heavy (non-hydrogen) atoms. The molecular weight excluding hydrogens is 321 g/mol. The molecule has 0 bridgehead atoms. The van der Waals surface area contributed by atoms with Gasteiger partial charge < -0.3 is 5.32 Å². The highest BCUT2D eigenvalue weighted by Gasteiger charge is 2.21. The first-order valence-corrected chi connectivity index (χ1v) is 7.82. The van der Waals surface area contributed by atoms with Crippen LogP contribution in [0.2, 0.25) is 5.02 Å². The predicted molar refractivity (Wildman–Crippen MR) is 79.6 cm³/mol. The van der Waals surface area contributed by atoms with Gasteiger partial charge in [-0.3, -0.25) is 0 Å². The summed E-state index contributed by atoms with van der Waals surface area (Å²) in [6.45, 7) is 1.27. The van der Waals surface area contributed by atoms with Crippen molar-refractivity contribution < 1.29 is 8.42 Å². The van der Waals surface area contributed by atoms with Crippen molar-refractivity contribution in [1.82, 2.24) is 10.0 Å². The Morgan fingerprint density at radius 3 is 2.80 bits per heavy atom. The summed E-state index contributed by atoms with van der Waals surface area (Å²) in [5, 5.41) is 12.0. The van der Waals surface area contributed by atoms with Crippen molar-refractivity contribution in [2.75, 3.05) is 13.1 Å². The normalized spacial score (nSPS) is 18.3. The highest BCUT2D eigenvalue weighted by molar-refractivity contribution is 7.89. The van der Waals surface area contributed by atoms with E-state index in [-0.39, 0.29) is 28.4 Å². The second-order valence-electron chi connectivity index (χ2n) is 4.40. The van der Waals surface area contributed by atoms with E-state index in [1.807, 2.05) is 6.07 Å².